The van der Waals surface area contributed by atoms with Crippen LogP contribution in [0.15, 0.2) is 30.3 Å². The van der Waals surface area contributed by atoms with Crippen molar-refractivity contribution in [2.45, 2.75) is 45.6 Å². The van der Waals surface area contributed by atoms with Crippen LogP contribution in [0, 0.1) is 0 Å². The quantitative estimate of drug-likeness (QED) is 0.771. The van der Waals surface area contributed by atoms with E-state index in [1.54, 1.807) is 12.1 Å². The molecule has 0 spiro atoms. The minimum Gasteiger partial charge on any atom is -0.484 e. The van der Waals surface area contributed by atoms with Gasteiger partial charge in [-0.25, -0.2) is 4.79 Å². The number of para-hydroxylation sites is 1. The van der Waals surface area contributed by atoms with E-state index in [9.17, 15) is 9.59 Å². The summed E-state index contributed by atoms with van der Waals surface area (Å²) in [5.41, 5.74) is 1.55. The molecule has 0 aliphatic heterocycles. The van der Waals surface area contributed by atoms with Crippen molar-refractivity contribution >= 4 is 28.2 Å². The van der Waals surface area contributed by atoms with Gasteiger partial charge in [0.25, 0.3) is 5.91 Å². The number of thiophene rings is 1. The fourth-order valence-corrected chi connectivity index (χ4v) is 4.26. The molecule has 0 atom stereocenters. The number of rotatable bonds is 6. The molecular formula is C20H23NO4S. The van der Waals surface area contributed by atoms with Gasteiger partial charge in [-0.1, -0.05) is 18.2 Å². The smallest absolute Gasteiger partial charge is 0.341 e. The van der Waals surface area contributed by atoms with E-state index in [-0.39, 0.29) is 24.6 Å². The highest BCUT2D eigenvalue weighted by Gasteiger charge is 2.27. The second-order valence-corrected chi connectivity index (χ2v) is 7.62. The molecule has 26 heavy (non-hydrogen) atoms. The number of nitrogens with one attached hydrogen (secondary N) is 1. The maximum Gasteiger partial charge on any atom is 0.341 e. The first kappa shape index (κ1) is 18.5. The molecule has 1 aromatic carbocycles. The molecule has 0 fully saturated rings. The van der Waals surface area contributed by atoms with Crippen molar-refractivity contribution in [3.05, 3.63) is 46.3 Å². The molecule has 2 aromatic rings. The maximum absolute atomic E-state index is 12.6. The van der Waals surface area contributed by atoms with Gasteiger partial charge in [-0.3, -0.25) is 4.79 Å². The largest absolute Gasteiger partial charge is 0.484 e. The summed E-state index contributed by atoms with van der Waals surface area (Å²) in [6.45, 7) is 3.54. The summed E-state index contributed by atoms with van der Waals surface area (Å²) in [6.07, 6.45) is 3.75. The first-order valence-corrected chi connectivity index (χ1v) is 9.69. The van der Waals surface area contributed by atoms with E-state index in [4.69, 9.17) is 9.47 Å². The van der Waals surface area contributed by atoms with Crippen molar-refractivity contribution in [2.75, 3.05) is 11.9 Å². The third-order valence-electron chi connectivity index (χ3n) is 4.08. The molecule has 6 heteroatoms. The van der Waals surface area contributed by atoms with Crippen LogP contribution in [-0.4, -0.2) is 24.6 Å². The molecule has 0 bridgehead atoms. The zero-order chi connectivity index (χ0) is 18.5. The third-order valence-corrected chi connectivity index (χ3v) is 5.29. The van der Waals surface area contributed by atoms with Gasteiger partial charge in [0, 0.05) is 4.88 Å². The lowest BCUT2D eigenvalue weighted by molar-refractivity contribution is -0.118. The van der Waals surface area contributed by atoms with E-state index in [1.807, 2.05) is 32.0 Å². The number of aryl methyl sites for hydroxylation is 1. The highest BCUT2D eigenvalue weighted by Crippen LogP contribution is 2.38. The van der Waals surface area contributed by atoms with Crippen molar-refractivity contribution in [1.82, 2.24) is 0 Å². The van der Waals surface area contributed by atoms with Gasteiger partial charge in [0.2, 0.25) is 0 Å². The second kappa shape index (κ2) is 8.36. The lowest BCUT2D eigenvalue weighted by Crippen LogP contribution is -2.22. The molecule has 1 aromatic heterocycles. The second-order valence-electron chi connectivity index (χ2n) is 6.52. The molecule has 3 rings (SSSR count). The molecule has 1 N–H and O–H groups in total. The van der Waals surface area contributed by atoms with Crippen LogP contribution >= 0.6 is 11.3 Å². The minimum atomic E-state index is -0.362. The van der Waals surface area contributed by atoms with Gasteiger partial charge in [-0.15, -0.1) is 11.3 Å². The molecule has 138 valence electrons. The summed E-state index contributed by atoms with van der Waals surface area (Å²) in [5.74, 6) is -0.0164. The van der Waals surface area contributed by atoms with Gasteiger partial charge in [-0.2, -0.15) is 0 Å². The van der Waals surface area contributed by atoms with Gasteiger partial charge in [0.1, 0.15) is 10.8 Å². The molecule has 0 saturated heterocycles. The van der Waals surface area contributed by atoms with Crippen molar-refractivity contribution in [2.24, 2.45) is 0 Å². The lowest BCUT2D eigenvalue weighted by atomic mass is 9.95. The zero-order valence-corrected chi connectivity index (χ0v) is 15.9. The highest BCUT2D eigenvalue weighted by atomic mass is 32.1. The zero-order valence-electron chi connectivity index (χ0n) is 15.0. The Morgan fingerprint density at radius 1 is 1.15 bits per heavy atom. The lowest BCUT2D eigenvalue weighted by Gasteiger charge is -2.14. The molecule has 1 aliphatic rings. The van der Waals surface area contributed by atoms with Gasteiger partial charge >= 0.3 is 5.97 Å². The van der Waals surface area contributed by atoms with E-state index in [2.05, 4.69) is 5.32 Å². The number of anilines is 1. The van der Waals surface area contributed by atoms with Gasteiger partial charge < -0.3 is 14.8 Å². The van der Waals surface area contributed by atoms with E-state index < -0.39 is 0 Å². The summed E-state index contributed by atoms with van der Waals surface area (Å²) in [4.78, 5) is 26.1. The van der Waals surface area contributed by atoms with Crippen LogP contribution < -0.4 is 10.1 Å². The number of carbonyl (C=O) groups excluding carboxylic acids is 2. The van der Waals surface area contributed by atoms with Crippen LogP contribution in [0.2, 0.25) is 0 Å². The van der Waals surface area contributed by atoms with Gasteiger partial charge in [0.05, 0.1) is 11.7 Å². The molecule has 0 radical (unpaired) electrons. The average Bonchev–Trinajstić information content (AvgIpc) is 2.98. The summed E-state index contributed by atoms with van der Waals surface area (Å²) in [6, 6.07) is 9.17. The Bertz CT molecular complexity index is 783. The number of hydrogen-bond acceptors (Lipinski definition) is 5. The number of amides is 1. The van der Waals surface area contributed by atoms with E-state index in [0.717, 1.165) is 31.2 Å². The Morgan fingerprint density at radius 3 is 2.62 bits per heavy atom. The number of fused-ring (bicyclic) bond motifs is 1. The van der Waals surface area contributed by atoms with Crippen molar-refractivity contribution < 1.29 is 19.1 Å². The molecule has 0 saturated carbocycles. The van der Waals surface area contributed by atoms with E-state index in [1.165, 1.54) is 16.2 Å². The standard InChI is InChI=1S/C20H23NO4S/c1-13(2)25-20(23)18-15-10-6-7-11-16(15)26-19(18)21-17(22)12-24-14-8-4-3-5-9-14/h3-5,8-9,13H,6-7,10-12H2,1-2H3,(H,21,22). The number of ether oxygens (including phenoxy) is 2. The highest BCUT2D eigenvalue weighted by molar-refractivity contribution is 7.17. The number of benzene rings is 1. The van der Waals surface area contributed by atoms with Crippen molar-refractivity contribution in [3.63, 3.8) is 0 Å². The van der Waals surface area contributed by atoms with Crippen LogP contribution in [0.25, 0.3) is 0 Å². The monoisotopic (exact) mass is 373 g/mol. The van der Waals surface area contributed by atoms with Gasteiger partial charge in [0.15, 0.2) is 6.61 Å². The van der Waals surface area contributed by atoms with Crippen LogP contribution in [0.1, 0.15) is 47.5 Å². The van der Waals surface area contributed by atoms with Crippen LogP contribution in [0.5, 0.6) is 5.75 Å². The minimum absolute atomic E-state index is 0.106. The Balaban J connectivity index is 1.74. The summed E-state index contributed by atoms with van der Waals surface area (Å²) in [5, 5.41) is 3.42. The SMILES string of the molecule is CC(C)OC(=O)c1c(NC(=O)COc2ccccc2)sc2c1CCCC2. The summed E-state index contributed by atoms with van der Waals surface area (Å²) in [7, 11) is 0. The molecular weight excluding hydrogens is 350 g/mol. The van der Waals surface area contributed by atoms with Crippen LogP contribution in [-0.2, 0) is 22.4 Å². The molecule has 1 heterocycles. The predicted octanol–water partition coefficient (Wildman–Crippen LogP) is 4.21. The van der Waals surface area contributed by atoms with Crippen LogP contribution in [0.4, 0.5) is 5.00 Å². The first-order chi connectivity index (χ1) is 12.5. The Morgan fingerprint density at radius 2 is 1.88 bits per heavy atom. The normalized spacial score (nSPS) is 13.2. The topological polar surface area (TPSA) is 64.6 Å². The molecule has 5 nitrogen and oxygen atoms in total. The number of esters is 1. The number of hydrogen-bond donors (Lipinski definition) is 1. The van der Waals surface area contributed by atoms with Crippen molar-refractivity contribution in [1.29, 1.82) is 0 Å². The average molecular weight is 373 g/mol. The van der Waals surface area contributed by atoms with Crippen LogP contribution in [0.3, 0.4) is 0 Å². The Kier molecular flexibility index (Phi) is 5.93. The molecule has 1 amide bonds. The Labute approximate surface area is 157 Å². The van der Waals surface area contributed by atoms with Gasteiger partial charge in [-0.05, 0) is 57.2 Å². The third kappa shape index (κ3) is 4.43. The Hall–Kier alpha value is -2.34. The molecule has 1 aliphatic carbocycles. The fraction of sp³-hybridized carbons (Fsp3) is 0.400. The first-order valence-electron chi connectivity index (χ1n) is 8.88. The number of carbonyl (C=O) groups is 2. The maximum atomic E-state index is 12.6. The summed E-state index contributed by atoms with van der Waals surface area (Å²) < 4.78 is 10.9. The van der Waals surface area contributed by atoms with Crippen molar-refractivity contribution in [3.8, 4) is 5.75 Å². The van der Waals surface area contributed by atoms with E-state index in [0.29, 0.717) is 16.3 Å². The van der Waals surface area contributed by atoms with E-state index >= 15 is 0 Å². The fourth-order valence-electron chi connectivity index (χ4n) is 2.97. The summed E-state index contributed by atoms with van der Waals surface area (Å²) >= 11 is 1.48. The predicted molar refractivity (Wildman–Crippen MR) is 102 cm³/mol. The molecule has 0 unspecified atom stereocenters.